The first-order chi connectivity index (χ1) is 9.86. The van der Waals surface area contributed by atoms with Gasteiger partial charge in [0, 0.05) is 17.4 Å². The number of carbonyl (C=O) groups is 1. The minimum atomic E-state index is -4.45. The van der Waals surface area contributed by atoms with E-state index < -0.39 is 24.2 Å². The number of anilines is 1. The van der Waals surface area contributed by atoms with Crippen molar-refractivity contribution in [1.82, 2.24) is 9.78 Å². The number of nitrogens with one attached hydrogen (secondary N) is 1. The smallest absolute Gasteiger partial charge is 0.364 e. The number of thiophene rings is 1. The van der Waals surface area contributed by atoms with Gasteiger partial charge < -0.3 is 11.1 Å². The second-order valence-corrected chi connectivity index (χ2v) is 5.71. The van der Waals surface area contributed by atoms with Crippen LogP contribution in [0.25, 0.3) is 0 Å². The van der Waals surface area contributed by atoms with Gasteiger partial charge in [-0.1, -0.05) is 6.07 Å². The van der Waals surface area contributed by atoms with Crippen LogP contribution in [0, 0.1) is 0 Å². The van der Waals surface area contributed by atoms with E-state index in [-0.39, 0.29) is 17.9 Å². The number of hydrogen-bond donors (Lipinski definition) is 2. The maximum Gasteiger partial charge on any atom is 0.410 e. The Labute approximate surface area is 121 Å². The van der Waals surface area contributed by atoms with Crippen molar-refractivity contribution in [3.05, 3.63) is 34.2 Å². The lowest BCUT2D eigenvalue weighted by atomic mass is 10.0. The van der Waals surface area contributed by atoms with Crippen LogP contribution in [0.2, 0.25) is 0 Å². The largest absolute Gasteiger partial charge is 0.410 e. The van der Waals surface area contributed by atoms with Crippen LogP contribution in [0.3, 0.4) is 0 Å². The number of alkyl halides is 3. The molecule has 1 aliphatic heterocycles. The number of fused-ring (bicyclic) bond motifs is 1. The van der Waals surface area contributed by atoms with Crippen molar-refractivity contribution in [3.63, 3.8) is 0 Å². The predicted molar refractivity (Wildman–Crippen MR) is 71.1 cm³/mol. The minimum absolute atomic E-state index is 0.149. The van der Waals surface area contributed by atoms with E-state index in [4.69, 9.17) is 5.73 Å². The Morgan fingerprint density at radius 3 is 2.86 bits per heavy atom. The second-order valence-electron chi connectivity index (χ2n) is 4.73. The Kier molecular flexibility index (Phi) is 3.16. The average Bonchev–Trinajstić information content (AvgIpc) is 3.05. The second kappa shape index (κ2) is 4.76. The number of amides is 1. The summed E-state index contributed by atoms with van der Waals surface area (Å²) in [6.07, 6.45) is -4.63. The summed E-state index contributed by atoms with van der Waals surface area (Å²) in [6, 6.07) is 2.55. The van der Waals surface area contributed by atoms with E-state index in [1.165, 1.54) is 17.4 Å². The Morgan fingerprint density at radius 2 is 2.29 bits per heavy atom. The SMILES string of the molecule is NC(=O)c1cc2n(n1)[C@H](C(F)(F)F)C[C@@H](c1cccs1)N2. The highest BCUT2D eigenvalue weighted by Gasteiger charge is 2.46. The van der Waals surface area contributed by atoms with Gasteiger partial charge in [-0.25, -0.2) is 4.68 Å². The van der Waals surface area contributed by atoms with E-state index in [0.29, 0.717) is 0 Å². The molecule has 21 heavy (non-hydrogen) atoms. The Balaban J connectivity index is 2.03. The van der Waals surface area contributed by atoms with Crippen molar-refractivity contribution in [3.8, 4) is 0 Å². The zero-order valence-corrected chi connectivity index (χ0v) is 11.4. The summed E-state index contributed by atoms with van der Waals surface area (Å²) in [5, 5.41) is 8.46. The van der Waals surface area contributed by atoms with Crippen LogP contribution >= 0.6 is 11.3 Å². The molecule has 5 nitrogen and oxygen atoms in total. The van der Waals surface area contributed by atoms with Crippen molar-refractivity contribution >= 4 is 23.1 Å². The molecule has 112 valence electrons. The molecular formula is C12H11F3N4OS. The lowest BCUT2D eigenvalue weighted by Crippen LogP contribution is -2.35. The molecule has 0 saturated carbocycles. The molecule has 2 aromatic heterocycles. The summed E-state index contributed by atoms with van der Waals surface area (Å²) in [6.45, 7) is 0. The first-order valence-electron chi connectivity index (χ1n) is 6.12. The van der Waals surface area contributed by atoms with E-state index >= 15 is 0 Å². The predicted octanol–water partition coefficient (Wildman–Crippen LogP) is 2.70. The number of carbonyl (C=O) groups excluding carboxylic acids is 1. The fourth-order valence-corrected chi connectivity index (χ4v) is 3.16. The number of hydrogen-bond acceptors (Lipinski definition) is 4. The van der Waals surface area contributed by atoms with Gasteiger partial charge in [0.15, 0.2) is 11.7 Å². The van der Waals surface area contributed by atoms with Crippen LogP contribution in [0.5, 0.6) is 0 Å². The van der Waals surface area contributed by atoms with Crippen molar-refractivity contribution in [1.29, 1.82) is 0 Å². The van der Waals surface area contributed by atoms with Crippen LogP contribution in [0.1, 0.15) is 33.9 Å². The molecule has 0 aromatic carbocycles. The van der Waals surface area contributed by atoms with E-state index in [1.807, 2.05) is 0 Å². The van der Waals surface area contributed by atoms with Crippen molar-refractivity contribution in [2.75, 3.05) is 5.32 Å². The molecule has 0 bridgehead atoms. The molecule has 0 unspecified atom stereocenters. The molecule has 2 atom stereocenters. The maximum atomic E-state index is 13.2. The molecule has 0 aliphatic carbocycles. The third-order valence-electron chi connectivity index (χ3n) is 3.33. The van der Waals surface area contributed by atoms with E-state index in [1.54, 1.807) is 17.5 Å². The van der Waals surface area contributed by atoms with Gasteiger partial charge in [0.25, 0.3) is 5.91 Å². The average molecular weight is 316 g/mol. The van der Waals surface area contributed by atoms with Gasteiger partial charge in [0.2, 0.25) is 0 Å². The van der Waals surface area contributed by atoms with Crippen LogP contribution in [0.4, 0.5) is 19.0 Å². The van der Waals surface area contributed by atoms with Crippen LogP contribution in [0.15, 0.2) is 23.6 Å². The minimum Gasteiger partial charge on any atom is -0.364 e. The fourth-order valence-electron chi connectivity index (χ4n) is 2.37. The summed E-state index contributed by atoms with van der Waals surface area (Å²) >= 11 is 1.38. The third kappa shape index (κ3) is 2.48. The lowest BCUT2D eigenvalue weighted by Gasteiger charge is -2.32. The molecule has 1 aliphatic rings. The van der Waals surface area contributed by atoms with Gasteiger partial charge in [0.1, 0.15) is 5.82 Å². The fraction of sp³-hybridized carbons (Fsp3) is 0.333. The molecule has 0 fully saturated rings. The number of rotatable bonds is 2. The molecule has 0 radical (unpaired) electrons. The van der Waals surface area contributed by atoms with Gasteiger partial charge >= 0.3 is 6.18 Å². The molecule has 1 amide bonds. The normalized spacial score (nSPS) is 21.7. The number of nitrogens with zero attached hydrogens (tertiary/aromatic N) is 2. The Morgan fingerprint density at radius 1 is 1.52 bits per heavy atom. The lowest BCUT2D eigenvalue weighted by molar-refractivity contribution is -0.173. The van der Waals surface area contributed by atoms with E-state index in [9.17, 15) is 18.0 Å². The molecule has 0 saturated heterocycles. The first kappa shape index (κ1) is 13.9. The molecule has 3 heterocycles. The van der Waals surface area contributed by atoms with Crippen LogP contribution in [-0.4, -0.2) is 21.9 Å². The van der Waals surface area contributed by atoms with Crippen molar-refractivity contribution in [2.24, 2.45) is 5.73 Å². The zero-order chi connectivity index (χ0) is 15.2. The topological polar surface area (TPSA) is 72.9 Å². The number of primary amides is 1. The van der Waals surface area contributed by atoms with Gasteiger partial charge in [-0.05, 0) is 11.4 Å². The Hall–Kier alpha value is -2.03. The summed E-state index contributed by atoms with van der Waals surface area (Å²) in [4.78, 5) is 11.9. The summed E-state index contributed by atoms with van der Waals surface area (Å²) < 4.78 is 40.5. The monoisotopic (exact) mass is 316 g/mol. The first-order valence-corrected chi connectivity index (χ1v) is 7.00. The molecule has 3 rings (SSSR count). The highest BCUT2D eigenvalue weighted by molar-refractivity contribution is 7.10. The van der Waals surface area contributed by atoms with Crippen LogP contribution in [-0.2, 0) is 0 Å². The number of aromatic nitrogens is 2. The standard InChI is InChI=1S/C12H11F3N4OS/c13-12(14,15)9-4-6(8-2-1-3-21-8)17-10-5-7(11(16)20)18-19(9)10/h1-3,5-6,9,17H,4H2,(H2,16,20)/t6-,9-/m0/s1. The summed E-state index contributed by atoms with van der Waals surface area (Å²) in [5.74, 6) is -0.705. The highest BCUT2D eigenvalue weighted by Crippen LogP contribution is 2.44. The Bertz CT molecular complexity index is 665. The van der Waals surface area contributed by atoms with Crippen molar-refractivity contribution in [2.45, 2.75) is 24.7 Å². The number of nitrogens with two attached hydrogens (primary N) is 1. The maximum absolute atomic E-state index is 13.2. The zero-order valence-electron chi connectivity index (χ0n) is 10.6. The van der Waals surface area contributed by atoms with Gasteiger partial charge in [-0.15, -0.1) is 11.3 Å². The quantitative estimate of drug-likeness (QED) is 0.894. The summed E-state index contributed by atoms with van der Waals surface area (Å²) in [7, 11) is 0. The molecular weight excluding hydrogens is 305 g/mol. The van der Waals surface area contributed by atoms with E-state index in [2.05, 4.69) is 10.4 Å². The highest BCUT2D eigenvalue weighted by atomic mass is 32.1. The molecule has 9 heteroatoms. The molecule has 2 aromatic rings. The molecule has 0 spiro atoms. The number of halogens is 3. The van der Waals surface area contributed by atoms with Gasteiger partial charge in [-0.2, -0.15) is 18.3 Å². The van der Waals surface area contributed by atoms with Crippen LogP contribution < -0.4 is 11.1 Å². The van der Waals surface area contributed by atoms with E-state index in [0.717, 1.165) is 9.56 Å². The van der Waals surface area contributed by atoms with Gasteiger partial charge in [0.05, 0.1) is 6.04 Å². The van der Waals surface area contributed by atoms with Gasteiger partial charge in [-0.3, -0.25) is 4.79 Å². The third-order valence-corrected chi connectivity index (χ3v) is 4.31. The molecule has 3 N–H and O–H groups in total. The summed E-state index contributed by atoms with van der Waals surface area (Å²) in [5.41, 5.74) is 4.91. The van der Waals surface area contributed by atoms with Crippen molar-refractivity contribution < 1.29 is 18.0 Å².